The molecule has 1 aliphatic carbocycles. The molecule has 1 saturated carbocycles. The molecular formula is C18H36N2O. The highest BCUT2D eigenvalue weighted by Crippen LogP contribution is 2.40. The highest BCUT2D eigenvalue weighted by molar-refractivity contribution is 4.91. The van der Waals surface area contributed by atoms with Crippen LogP contribution in [0.1, 0.15) is 59.3 Å². The minimum atomic E-state index is 0.380. The number of aliphatic hydroxyl groups is 1. The molecule has 2 rings (SSSR count). The van der Waals surface area contributed by atoms with Crippen molar-refractivity contribution in [2.75, 3.05) is 32.8 Å². The Balaban J connectivity index is 1.92. The molecule has 0 aromatic heterocycles. The summed E-state index contributed by atoms with van der Waals surface area (Å²) in [5.74, 6) is 1.43. The van der Waals surface area contributed by atoms with Gasteiger partial charge in [-0.05, 0) is 56.0 Å². The van der Waals surface area contributed by atoms with Crippen LogP contribution in [-0.4, -0.2) is 48.8 Å². The largest absolute Gasteiger partial charge is 0.396 e. The van der Waals surface area contributed by atoms with E-state index in [1.54, 1.807) is 0 Å². The predicted octanol–water partition coefficient (Wildman–Crippen LogP) is 2.89. The number of nitrogens with zero attached hydrogens (tertiary/aromatic N) is 1. The molecule has 21 heavy (non-hydrogen) atoms. The maximum atomic E-state index is 9.30. The number of hydrogen-bond donors (Lipinski definition) is 2. The van der Waals surface area contributed by atoms with Crippen molar-refractivity contribution in [1.82, 2.24) is 10.2 Å². The molecule has 2 unspecified atom stereocenters. The molecule has 2 N–H and O–H groups in total. The number of aliphatic hydroxyl groups excluding tert-OH is 1. The van der Waals surface area contributed by atoms with E-state index in [9.17, 15) is 5.11 Å². The minimum Gasteiger partial charge on any atom is -0.396 e. The summed E-state index contributed by atoms with van der Waals surface area (Å²) in [5.41, 5.74) is 0.480. The van der Waals surface area contributed by atoms with E-state index in [-0.39, 0.29) is 0 Å². The molecule has 0 amide bonds. The number of rotatable bonds is 6. The third kappa shape index (κ3) is 5.22. The van der Waals surface area contributed by atoms with Crippen LogP contribution in [0.15, 0.2) is 0 Å². The monoisotopic (exact) mass is 296 g/mol. The zero-order valence-corrected chi connectivity index (χ0v) is 14.4. The van der Waals surface area contributed by atoms with Gasteiger partial charge in [0.15, 0.2) is 0 Å². The Hall–Kier alpha value is -0.120. The van der Waals surface area contributed by atoms with E-state index in [0.29, 0.717) is 24.0 Å². The second-order valence-electron chi connectivity index (χ2n) is 8.14. The summed E-state index contributed by atoms with van der Waals surface area (Å²) in [6.45, 7) is 12.1. The Morgan fingerprint density at radius 1 is 1.24 bits per heavy atom. The van der Waals surface area contributed by atoms with Crippen molar-refractivity contribution < 1.29 is 5.11 Å². The van der Waals surface area contributed by atoms with Crippen LogP contribution >= 0.6 is 0 Å². The van der Waals surface area contributed by atoms with Crippen molar-refractivity contribution in [3.63, 3.8) is 0 Å². The van der Waals surface area contributed by atoms with Crippen molar-refractivity contribution in [2.45, 2.75) is 65.3 Å². The maximum Gasteiger partial charge on any atom is 0.0460 e. The van der Waals surface area contributed by atoms with Crippen LogP contribution in [0.3, 0.4) is 0 Å². The Labute approximate surface area is 131 Å². The molecule has 0 bridgehead atoms. The molecule has 2 aliphatic rings. The molecule has 124 valence electrons. The fourth-order valence-corrected chi connectivity index (χ4v) is 4.35. The van der Waals surface area contributed by atoms with Gasteiger partial charge in [0.2, 0.25) is 0 Å². The Morgan fingerprint density at radius 2 is 1.95 bits per heavy atom. The Bertz CT molecular complexity index is 300. The first kappa shape index (κ1) is 17.2. The smallest absolute Gasteiger partial charge is 0.0460 e. The summed E-state index contributed by atoms with van der Waals surface area (Å²) in [7, 11) is 0. The fraction of sp³-hybridized carbons (Fsp3) is 1.00. The van der Waals surface area contributed by atoms with E-state index in [1.807, 2.05) is 0 Å². The van der Waals surface area contributed by atoms with Crippen molar-refractivity contribution in [3.8, 4) is 0 Å². The summed E-state index contributed by atoms with van der Waals surface area (Å²) in [6, 6.07) is 0.583. The van der Waals surface area contributed by atoms with E-state index in [4.69, 9.17) is 0 Å². The molecular weight excluding hydrogens is 260 g/mol. The first-order chi connectivity index (χ1) is 10.0. The van der Waals surface area contributed by atoms with Gasteiger partial charge in [-0.15, -0.1) is 0 Å². The van der Waals surface area contributed by atoms with E-state index in [0.717, 1.165) is 5.92 Å². The molecule has 1 heterocycles. The van der Waals surface area contributed by atoms with E-state index in [1.165, 1.54) is 64.7 Å². The van der Waals surface area contributed by atoms with E-state index >= 15 is 0 Å². The van der Waals surface area contributed by atoms with Gasteiger partial charge in [0.05, 0.1) is 0 Å². The van der Waals surface area contributed by atoms with Crippen molar-refractivity contribution >= 4 is 0 Å². The van der Waals surface area contributed by atoms with Crippen molar-refractivity contribution in [2.24, 2.45) is 17.3 Å². The zero-order chi connectivity index (χ0) is 15.3. The second-order valence-corrected chi connectivity index (χ2v) is 8.14. The molecule has 1 aliphatic heterocycles. The van der Waals surface area contributed by atoms with Crippen molar-refractivity contribution in [3.05, 3.63) is 0 Å². The lowest BCUT2D eigenvalue weighted by Gasteiger charge is -2.45. The quantitative estimate of drug-likeness (QED) is 0.791. The summed E-state index contributed by atoms with van der Waals surface area (Å²) in [4.78, 5) is 2.67. The Kier molecular flexibility index (Phi) is 6.51. The molecule has 3 heteroatoms. The number of hydrogen-bond acceptors (Lipinski definition) is 3. The molecule has 0 spiro atoms. The second kappa shape index (κ2) is 7.94. The van der Waals surface area contributed by atoms with Gasteiger partial charge in [-0.1, -0.05) is 33.6 Å². The van der Waals surface area contributed by atoms with Gasteiger partial charge in [-0.25, -0.2) is 0 Å². The molecule has 0 aromatic carbocycles. The molecule has 2 fully saturated rings. The van der Waals surface area contributed by atoms with Crippen LogP contribution in [0.25, 0.3) is 0 Å². The van der Waals surface area contributed by atoms with E-state index in [2.05, 4.69) is 31.0 Å². The van der Waals surface area contributed by atoms with E-state index < -0.39 is 0 Å². The highest BCUT2D eigenvalue weighted by atomic mass is 16.3. The molecule has 0 radical (unpaired) electrons. The summed E-state index contributed by atoms with van der Waals surface area (Å²) < 4.78 is 0. The topological polar surface area (TPSA) is 35.5 Å². The minimum absolute atomic E-state index is 0.380. The number of nitrogens with one attached hydrogen (secondary N) is 1. The highest BCUT2D eigenvalue weighted by Gasteiger charge is 2.37. The van der Waals surface area contributed by atoms with Crippen LogP contribution in [0, 0.1) is 17.3 Å². The van der Waals surface area contributed by atoms with Gasteiger partial charge in [0.25, 0.3) is 0 Å². The van der Waals surface area contributed by atoms with Crippen molar-refractivity contribution in [1.29, 1.82) is 0 Å². The lowest BCUT2D eigenvalue weighted by molar-refractivity contribution is 0.0514. The van der Waals surface area contributed by atoms with Crippen LogP contribution < -0.4 is 5.32 Å². The van der Waals surface area contributed by atoms with Gasteiger partial charge >= 0.3 is 0 Å². The van der Waals surface area contributed by atoms with Crippen LogP contribution in [0.2, 0.25) is 0 Å². The third-order valence-corrected chi connectivity index (χ3v) is 5.60. The van der Waals surface area contributed by atoms with Gasteiger partial charge in [0, 0.05) is 25.7 Å². The lowest BCUT2D eigenvalue weighted by Crippen LogP contribution is -2.49. The Morgan fingerprint density at radius 3 is 2.52 bits per heavy atom. The molecule has 0 aromatic rings. The fourth-order valence-electron chi connectivity index (χ4n) is 4.35. The van der Waals surface area contributed by atoms with Crippen LogP contribution in [-0.2, 0) is 0 Å². The summed E-state index contributed by atoms with van der Waals surface area (Å²) >= 11 is 0. The third-order valence-electron chi connectivity index (χ3n) is 5.60. The van der Waals surface area contributed by atoms with Gasteiger partial charge in [-0.3, -0.25) is 0 Å². The number of piperidine rings is 1. The standard InChI is InChI=1S/C18H36N2O/c1-15(2)19-13-18(8-4-5-16(3)11-18)14-20-9-6-17(12-21)7-10-20/h15-17,19,21H,4-14H2,1-3H3. The summed E-state index contributed by atoms with van der Waals surface area (Å²) in [6.07, 6.45) is 7.94. The van der Waals surface area contributed by atoms with Crippen LogP contribution in [0.5, 0.6) is 0 Å². The SMILES string of the molecule is CC1CCCC(CNC(C)C)(CN2CCC(CO)CC2)C1. The maximum absolute atomic E-state index is 9.30. The van der Waals surface area contributed by atoms with Crippen LogP contribution in [0.4, 0.5) is 0 Å². The normalized spacial score (nSPS) is 32.7. The van der Waals surface area contributed by atoms with Gasteiger partial charge in [-0.2, -0.15) is 0 Å². The predicted molar refractivity (Wildman–Crippen MR) is 89.5 cm³/mol. The first-order valence-electron chi connectivity index (χ1n) is 9.09. The average Bonchev–Trinajstić information content (AvgIpc) is 2.46. The average molecular weight is 296 g/mol. The molecule has 1 saturated heterocycles. The first-order valence-corrected chi connectivity index (χ1v) is 9.09. The summed E-state index contributed by atoms with van der Waals surface area (Å²) in [5, 5.41) is 13.0. The number of likely N-dealkylation sites (tertiary alicyclic amines) is 1. The van der Waals surface area contributed by atoms with Gasteiger partial charge in [0.1, 0.15) is 0 Å². The lowest BCUT2D eigenvalue weighted by atomic mass is 9.69. The zero-order valence-electron chi connectivity index (χ0n) is 14.4. The van der Waals surface area contributed by atoms with Gasteiger partial charge < -0.3 is 15.3 Å². The molecule has 2 atom stereocenters. The molecule has 3 nitrogen and oxygen atoms in total.